The Morgan fingerprint density at radius 1 is 1.25 bits per heavy atom. The largest absolute Gasteiger partial charge is 0.311 e. The third-order valence-electron chi connectivity index (χ3n) is 4.75. The van der Waals surface area contributed by atoms with Crippen LogP contribution in [0.2, 0.25) is 0 Å². The van der Waals surface area contributed by atoms with E-state index >= 15 is 0 Å². The average molecular weight is 276 g/mol. The normalized spacial score (nSPS) is 28.0. The van der Waals surface area contributed by atoms with Gasteiger partial charge in [-0.05, 0) is 42.4 Å². The minimum atomic E-state index is -0.148. The molecule has 1 aromatic rings. The van der Waals surface area contributed by atoms with E-state index in [0.29, 0.717) is 18.0 Å². The first-order valence-electron chi connectivity index (χ1n) is 7.85. The quantitative estimate of drug-likeness (QED) is 0.909. The van der Waals surface area contributed by atoms with E-state index in [1.807, 2.05) is 12.1 Å². The highest BCUT2D eigenvalue weighted by atomic mass is 19.1. The average Bonchev–Trinajstić information content (AvgIpc) is 3.25. The van der Waals surface area contributed by atoms with Crippen molar-refractivity contribution in [2.24, 2.45) is 11.8 Å². The van der Waals surface area contributed by atoms with Crippen molar-refractivity contribution in [2.45, 2.75) is 45.3 Å². The lowest BCUT2D eigenvalue weighted by atomic mass is 9.96. The fraction of sp³-hybridized carbons (Fsp3) is 0.647. The second-order valence-corrected chi connectivity index (χ2v) is 6.72. The maximum Gasteiger partial charge on any atom is 0.123 e. The molecule has 110 valence electrons. The van der Waals surface area contributed by atoms with E-state index < -0.39 is 0 Å². The molecule has 1 heterocycles. The van der Waals surface area contributed by atoms with Gasteiger partial charge in [0.2, 0.25) is 0 Å². The van der Waals surface area contributed by atoms with Gasteiger partial charge in [-0.25, -0.2) is 4.39 Å². The van der Waals surface area contributed by atoms with Gasteiger partial charge in [0, 0.05) is 31.7 Å². The van der Waals surface area contributed by atoms with Gasteiger partial charge < -0.3 is 5.32 Å². The molecular formula is C17H25FN2. The number of hydrogen-bond acceptors (Lipinski definition) is 2. The van der Waals surface area contributed by atoms with E-state index in [4.69, 9.17) is 0 Å². The predicted octanol–water partition coefficient (Wildman–Crippen LogP) is 3.03. The smallest absolute Gasteiger partial charge is 0.123 e. The summed E-state index contributed by atoms with van der Waals surface area (Å²) in [5.74, 6) is 1.38. The van der Waals surface area contributed by atoms with Crippen LogP contribution in [0.25, 0.3) is 0 Å². The molecule has 2 nitrogen and oxygen atoms in total. The molecule has 3 rings (SSSR count). The first kappa shape index (κ1) is 14.0. The standard InChI is InChI=1S/C17H25FN2/c1-12(2)17-9-19-16(14-5-6-14)11-20(17)10-13-3-7-15(18)8-4-13/h3-4,7-8,12,14,16-17,19H,5-6,9-11H2,1-2H3. The number of piperazine rings is 1. The van der Waals surface area contributed by atoms with Gasteiger partial charge in [-0.1, -0.05) is 26.0 Å². The van der Waals surface area contributed by atoms with Crippen molar-refractivity contribution in [1.29, 1.82) is 0 Å². The molecule has 2 fully saturated rings. The molecule has 1 aromatic carbocycles. The van der Waals surface area contributed by atoms with E-state index in [1.165, 1.54) is 18.4 Å². The van der Waals surface area contributed by atoms with Gasteiger partial charge in [-0.3, -0.25) is 4.90 Å². The Bertz CT molecular complexity index is 439. The maximum absolute atomic E-state index is 13.0. The van der Waals surface area contributed by atoms with Crippen molar-refractivity contribution in [3.8, 4) is 0 Å². The summed E-state index contributed by atoms with van der Waals surface area (Å²) in [7, 11) is 0. The van der Waals surface area contributed by atoms with Crippen molar-refractivity contribution in [2.75, 3.05) is 13.1 Å². The predicted molar refractivity (Wildman–Crippen MR) is 80.0 cm³/mol. The number of nitrogens with one attached hydrogen (secondary N) is 1. The molecule has 1 aliphatic carbocycles. The summed E-state index contributed by atoms with van der Waals surface area (Å²) in [5, 5.41) is 3.74. The first-order chi connectivity index (χ1) is 9.63. The number of nitrogens with zero attached hydrogens (tertiary/aromatic N) is 1. The van der Waals surface area contributed by atoms with Crippen molar-refractivity contribution < 1.29 is 4.39 Å². The summed E-state index contributed by atoms with van der Waals surface area (Å²) in [6.07, 6.45) is 2.77. The molecule has 3 heteroatoms. The van der Waals surface area contributed by atoms with Crippen LogP contribution in [0.15, 0.2) is 24.3 Å². The molecular weight excluding hydrogens is 251 g/mol. The third kappa shape index (κ3) is 3.21. The molecule has 2 unspecified atom stereocenters. The minimum Gasteiger partial charge on any atom is -0.311 e. The lowest BCUT2D eigenvalue weighted by molar-refractivity contribution is 0.0852. The number of rotatable bonds is 4. The van der Waals surface area contributed by atoms with Gasteiger partial charge in [0.15, 0.2) is 0 Å². The summed E-state index contributed by atoms with van der Waals surface area (Å²) < 4.78 is 13.0. The molecule has 1 saturated heterocycles. The number of benzene rings is 1. The molecule has 0 bridgehead atoms. The second-order valence-electron chi connectivity index (χ2n) is 6.72. The summed E-state index contributed by atoms with van der Waals surface area (Å²) >= 11 is 0. The topological polar surface area (TPSA) is 15.3 Å². The Hall–Kier alpha value is -0.930. The number of hydrogen-bond donors (Lipinski definition) is 1. The molecule has 20 heavy (non-hydrogen) atoms. The molecule has 1 aliphatic heterocycles. The summed E-state index contributed by atoms with van der Waals surface area (Å²) in [6, 6.07) is 8.21. The molecule has 1 saturated carbocycles. The Labute approximate surface area is 121 Å². The SMILES string of the molecule is CC(C)C1CNC(C2CC2)CN1Cc1ccc(F)cc1. The van der Waals surface area contributed by atoms with Crippen LogP contribution in [-0.2, 0) is 6.54 Å². The van der Waals surface area contributed by atoms with E-state index in [-0.39, 0.29) is 5.82 Å². The van der Waals surface area contributed by atoms with E-state index in [2.05, 4.69) is 24.1 Å². The fourth-order valence-electron chi connectivity index (χ4n) is 3.33. The molecule has 0 spiro atoms. The van der Waals surface area contributed by atoms with Crippen molar-refractivity contribution in [1.82, 2.24) is 10.2 Å². The van der Waals surface area contributed by atoms with Crippen LogP contribution in [0.3, 0.4) is 0 Å². The van der Waals surface area contributed by atoms with Gasteiger partial charge in [0.25, 0.3) is 0 Å². The van der Waals surface area contributed by atoms with Crippen LogP contribution in [-0.4, -0.2) is 30.1 Å². The van der Waals surface area contributed by atoms with Crippen molar-refractivity contribution in [3.63, 3.8) is 0 Å². The van der Waals surface area contributed by atoms with E-state index in [0.717, 1.165) is 25.6 Å². The Kier molecular flexibility index (Phi) is 4.08. The molecule has 2 atom stereocenters. The Morgan fingerprint density at radius 3 is 2.55 bits per heavy atom. The molecule has 2 aliphatic rings. The zero-order valence-electron chi connectivity index (χ0n) is 12.5. The van der Waals surface area contributed by atoms with Crippen LogP contribution in [0.4, 0.5) is 4.39 Å². The lowest BCUT2D eigenvalue weighted by Gasteiger charge is -2.42. The summed E-state index contributed by atoms with van der Waals surface area (Å²) in [6.45, 7) is 7.74. The minimum absolute atomic E-state index is 0.148. The van der Waals surface area contributed by atoms with Gasteiger partial charge >= 0.3 is 0 Å². The lowest BCUT2D eigenvalue weighted by Crippen LogP contribution is -2.58. The van der Waals surface area contributed by atoms with Gasteiger partial charge in [-0.2, -0.15) is 0 Å². The fourth-order valence-corrected chi connectivity index (χ4v) is 3.33. The van der Waals surface area contributed by atoms with Crippen LogP contribution in [0, 0.1) is 17.7 Å². The summed E-state index contributed by atoms with van der Waals surface area (Å²) in [5.41, 5.74) is 1.22. The second kappa shape index (κ2) is 5.82. The van der Waals surface area contributed by atoms with Gasteiger partial charge in [-0.15, -0.1) is 0 Å². The highest BCUT2D eigenvalue weighted by Crippen LogP contribution is 2.35. The highest BCUT2D eigenvalue weighted by Gasteiger charge is 2.37. The molecule has 0 radical (unpaired) electrons. The first-order valence-corrected chi connectivity index (χ1v) is 7.85. The van der Waals surface area contributed by atoms with E-state index in [9.17, 15) is 4.39 Å². The van der Waals surface area contributed by atoms with Gasteiger partial charge in [0.05, 0.1) is 0 Å². The monoisotopic (exact) mass is 276 g/mol. The van der Waals surface area contributed by atoms with E-state index in [1.54, 1.807) is 12.1 Å². The Morgan fingerprint density at radius 2 is 1.95 bits per heavy atom. The maximum atomic E-state index is 13.0. The number of halogens is 1. The van der Waals surface area contributed by atoms with Crippen molar-refractivity contribution >= 4 is 0 Å². The van der Waals surface area contributed by atoms with Gasteiger partial charge in [0.1, 0.15) is 5.82 Å². The molecule has 0 amide bonds. The zero-order chi connectivity index (χ0) is 14.1. The van der Waals surface area contributed by atoms with Crippen LogP contribution >= 0.6 is 0 Å². The van der Waals surface area contributed by atoms with Crippen molar-refractivity contribution in [3.05, 3.63) is 35.6 Å². The zero-order valence-corrected chi connectivity index (χ0v) is 12.5. The van der Waals surface area contributed by atoms with Crippen LogP contribution < -0.4 is 5.32 Å². The van der Waals surface area contributed by atoms with Crippen LogP contribution in [0.5, 0.6) is 0 Å². The third-order valence-corrected chi connectivity index (χ3v) is 4.75. The summed E-state index contributed by atoms with van der Waals surface area (Å²) in [4.78, 5) is 2.59. The molecule has 0 aromatic heterocycles. The highest BCUT2D eigenvalue weighted by molar-refractivity contribution is 5.16. The van der Waals surface area contributed by atoms with Crippen LogP contribution in [0.1, 0.15) is 32.3 Å². The molecule has 1 N–H and O–H groups in total. The Balaban J connectivity index is 1.69.